The highest BCUT2D eigenvalue weighted by molar-refractivity contribution is 5.71. The molecule has 0 saturated heterocycles. The second-order valence-electron chi connectivity index (χ2n) is 6.52. The molecule has 0 amide bonds. The molecule has 0 spiro atoms. The van der Waals surface area contributed by atoms with Crippen molar-refractivity contribution in [1.29, 1.82) is 0 Å². The number of ether oxygens (including phenoxy) is 3. The van der Waals surface area contributed by atoms with Gasteiger partial charge in [0.05, 0.1) is 13.0 Å². The van der Waals surface area contributed by atoms with Crippen LogP contribution in [0.15, 0.2) is 66.7 Å². The molecule has 5 nitrogen and oxygen atoms in total. The first kappa shape index (κ1) is 22.0. The van der Waals surface area contributed by atoms with Crippen LogP contribution < -0.4 is 14.2 Å². The van der Waals surface area contributed by atoms with Crippen molar-refractivity contribution in [3.63, 3.8) is 0 Å². The fourth-order valence-electron chi connectivity index (χ4n) is 2.96. The first-order chi connectivity index (χ1) is 14.7. The normalized spacial score (nSPS) is 11.1. The molecule has 162 valence electrons. The van der Waals surface area contributed by atoms with Crippen LogP contribution in [0.5, 0.6) is 23.0 Å². The lowest BCUT2D eigenvalue weighted by Crippen LogP contribution is -2.17. The van der Waals surface area contributed by atoms with Crippen molar-refractivity contribution in [2.75, 3.05) is 6.61 Å². The number of carboxylic acid groups (broad SMARTS) is 1. The van der Waals surface area contributed by atoms with Gasteiger partial charge in [-0.1, -0.05) is 24.3 Å². The van der Waals surface area contributed by atoms with Crippen LogP contribution in [0.1, 0.15) is 12.5 Å². The number of rotatable bonds is 8. The van der Waals surface area contributed by atoms with E-state index in [-0.39, 0.29) is 12.2 Å². The molecule has 0 saturated carbocycles. The van der Waals surface area contributed by atoms with E-state index in [2.05, 4.69) is 4.74 Å². The third-order valence-corrected chi connectivity index (χ3v) is 4.08. The van der Waals surface area contributed by atoms with Crippen LogP contribution in [0.2, 0.25) is 0 Å². The fraction of sp³-hybridized carbons (Fsp3) is 0.174. The second kappa shape index (κ2) is 9.42. The van der Waals surface area contributed by atoms with E-state index in [9.17, 15) is 18.0 Å². The summed E-state index contributed by atoms with van der Waals surface area (Å²) in [6, 6.07) is 17.3. The lowest BCUT2D eigenvalue weighted by molar-refractivity contribution is -0.274. The van der Waals surface area contributed by atoms with Crippen LogP contribution >= 0.6 is 0 Å². The Bertz CT molecular complexity index is 1060. The number of hydrogen-bond acceptors (Lipinski definition) is 4. The summed E-state index contributed by atoms with van der Waals surface area (Å²) in [5, 5.41) is 9.06. The summed E-state index contributed by atoms with van der Waals surface area (Å²) in [6.07, 6.45) is -4.97. The van der Waals surface area contributed by atoms with Crippen molar-refractivity contribution < 1.29 is 37.3 Å². The average Bonchev–Trinajstić information content (AvgIpc) is 2.67. The summed E-state index contributed by atoms with van der Waals surface area (Å²) in [5.74, 6) is -0.0194. The van der Waals surface area contributed by atoms with Gasteiger partial charge in [-0.2, -0.15) is 0 Å². The zero-order chi connectivity index (χ0) is 22.4. The Morgan fingerprint density at radius 1 is 0.871 bits per heavy atom. The van der Waals surface area contributed by atoms with Crippen LogP contribution in [-0.4, -0.2) is 24.0 Å². The molecular formula is C23H19F3O5. The van der Waals surface area contributed by atoms with Crippen LogP contribution in [0.4, 0.5) is 13.2 Å². The van der Waals surface area contributed by atoms with E-state index in [0.29, 0.717) is 40.5 Å². The van der Waals surface area contributed by atoms with Gasteiger partial charge in [-0.25, -0.2) is 0 Å². The summed E-state index contributed by atoms with van der Waals surface area (Å²) in [5.41, 5.74) is 1.65. The van der Waals surface area contributed by atoms with Gasteiger partial charge in [0.1, 0.15) is 23.0 Å². The molecule has 0 heterocycles. The van der Waals surface area contributed by atoms with Gasteiger partial charge < -0.3 is 19.3 Å². The summed E-state index contributed by atoms with van der Waals surface area (Å²) >= 11 is 0. The molecule has 0 fully saturated rings. The van der Waals surface area contributed by atoms with E-state index >= 15 is 0 Å². The smallest absolute Gasteiger partial charge is 0.494 e. The molecule has 0 aliphatic carbocycles. The Kier molecular flexibility index (Phi) is 6.69. The van der Waals surface area contributed by atoms with E-state index in [1.165, 1.54) is 18.2 Å². The Morgan fingerprint density at radius 3 is 2.10 bits per heavy atom. The number of halogens is 3. The molecule has 0 aliphatic rings. The molecule has 0 aromatic heterocycles. The highest BCUT2D eigenvalue weighted by atomic mass is 19.4. The number of aliphatic carboxylic acids is 1. The Hall–Kier alpha value is -3.68. The first-order valence-electron chi connectivity index (χ1n) is 9.34. The van der Waals surface area contributed by atoms with Crippen molar-refractivity contribution in [1.82, 2.24) is 0 Å². The highest BCUT2D eigenvalue weighted by Crippen LogP contribution is 2.32. The number of carbonyl (C=O) groups is 1. The molecule has 0 radical (unpaired) electrons. The maximum atomic E-state index is 12.5. The number of benzene rings is 3. The van der Waals surface area contributed by atoms with Crippen molar-refractivity contribution >= 4 is 5.97 Å². The standard InChI is InChI=1S/C23H19F3O5/c1-2-29-20-9-15(11-22(27)28)10-21(14-20)30-18-7-3-5-16(12-18)17-6-4-8-19(13-17)31-23(24,25)26/h3-10,12-14H,2,11H2,1H3,(H,27,28). The van der Waals surface area contributed by atoms with Crippen molar-refractivity contribution in [2.24, 2.45) is 0 Å². The second-order valence-corrected chi connectivity index (χ2v) is 6.52. The maximum Gasteiger partial charge on any atom is 0.573 e. The minimum atomic E-state index is -4.77. The quantitative estimate of drug-likeness (QED) is 0.468. The molecule has 0 bridgehead atoms. The van der Waals surface area contributed by atoms with Crippen molar-refractivity contribution in [2.45, 2.75) is 19.7 Å². The van der Waals surface area contributed by atoms with Gasteiger partial charge >= 0.3 is 12.3 Å². The molecule has 0 unspecified atom stereocenters. The number of carboxylic acids is 1. The average molecular weight is 432 g/mol. The van der Waals surface area contributed by atoms with Crippen molar-refractivity contribution in [3.05, 3.63) is 72.3 Å². The maximum absolute atomic E-state index is 12.5. The lowest BCUT2D eigenvalue weighted by atomic mass is 10.1. The predicted molar refractivity (Wildman–Crippen MR) is 108 cm³/mol. The summed E-state index contributed by atoms with van der Waals surface area (Å²) in [4.78, 5) is 11.1. The number of hydrogen-bond donors (Lipinski definition) is 1. The van der Waals surface area contributed by atoms with Gasteiger partial charge in [0, 0.05) is 6.07 Å². The van der Waals surface area contributed by atoms with E-state index < -0.39 is 12.3 Å². The van der Waals surface area contributed by atoms with Crippen molar-refractivity contribution in [3.8, 4) is 34.1 Å². The van der Waals surface area contributed by atoms with Crippen LogP contribution in [0.3, 0.4) is 0 Å². The minimum Gasteiger partial charge on any atom is -0.494 e. The van der Waals surface area contributed by atoms with Crippen LogP contribution in [0, 0.1) is 0 Å². The largest absolute Gasteiger partial charge is 0.573 e. The monoisotopic (exact) mass is 432 g/mol. The highest BCUT2D eigenvalue weighted by Gasteiger charge is 2.31. The van der Waals surface area contributed by atoms with Gasteiger partial charge in [-0.3, -0.25) is 4.79 Å². The van der Waals surface area contributed by atoms with Gasteiger partial charge in [-0.05, 0) is 60.0 Å². The van der Waals surface area contributed by atoms with E-state index in [4.69, 9.17) is 14.6 Å². The van der Waals surface area contributed by atoms with Crippen LogP contribution in [-0.2, 0) is 11.2 Å². The molecule has 3 rings (SSSR count). The van der Waals surface area contributed by atoms with Crippen LogP contribution in [0.25, 0.3) is 11.1 Å². The third-order valence-electron chi connectivity index (χ3n) is 4.08. The van der Waals surface area contributed by atoms with E-state index in [1.807, 2.05) is 6.92 Å². The molecule has 3 aromatic carbocycles. The molecule has 8 heteroatoms. The van der Waals surface area contributed by atoms with Gasteiger partial charge in [0.15, 0.2) is 0 Å². The molecule has 0 aliphatic heterocycles. The van der Waals surface area contributed by atoms with E-state index in [0.717, 1.165) is 0 Å². The van der Waals surface area contributed by atoms with E-state index in [1.54, 1.807) is 48.5 Å². The summed E-state index contributed by atoms with van der Waals surface area (Å²) in [6.45, 7) is 2.21. The summed E-state index contributed by atoms with van der Waals surface area (Å²) in [7, 11) is 0. The Balaban J connectivity index is 1.86. The van der Waals surface area contributed by atoms with Gasteiger partial charge in [0.25, 0.3) is 0 Å². The first-order valence-corrected chi connectivity index (χ1v) is 9.34. The topological polar surface area (TPSA) is 65.0 Å². The zero-order valence-corrected chi connectivity index (χ0v) is 16.5. The molecular weight excluding hydrogens is 413 g/mol. The molecule has 3 aromatic rings. The SMILES string of the molecule is CCOc1cc(CC(=O)O)cc(Oc2cccc(-c3cccc(OC(F)(F)F)c3)c2)c1. The van der Waals surface area contributed by atoms with Gasteiger partial charge in [-0.15, -0.1) is 13.2 Å². The fourth-order valence-corrected chi connectivity index (χ4v) is 2.96. The predicted octanol–water partition coefficient (Wildman–Crippen LogP) is 6.07. The third kappa shape index (κ3) is 6.67. The number of alkyl halides is 3. The molecule has 1 N–H and O–H groups in total. The Labute approximate surface area is 176 Å². The molecule has 0 atom stereocenters. The summed E-state index contributed by atoms with van der Waals surface area (Å²) < 4.78 is 52.8. The van der Waals surface area contributed by atoms with Gasteiger partial charge in [0.2, 0.25) is 0 Å². The minimum absolute atomic E-state index is 0.191. The Morgan fingerprint density at radius 2 is 1.48 bits per heavy atom. The zero-order valence-electron chi connectivity index (χ0n) is 16.5. The molecule has 31 heavy (non-hydrogen) atoms. The lowest BCUT2D eigenvalue weighted by Gasteiger charge is -2.13.